The molecule has 0 aromatic heterocycles. The van der Waals surface area contributed by atoms with Gasteiger partial charge >= 0.3 is 6.18 Å². The standard InChI is InChI=1S/C13H14ClF3O2/c14-11(4-5-18-8-13(15,16)17)9-1-2-12-10(7-9)3-6-19-12/h1-2,7,11H,3-6,8H2. The van der Waals surface area contributed by atoms with Crippen molar-refractivity contribution in [1.82, 2.24) is 0 Å². The van der Waals surface area contributed by atoms with Crippen LogP contribution in [0.15, 0.2) is 18.2 Å². The lowest BCUT2D eigenvalue weighted by atomic mass is 10.0. The molecule has 0 fully saturated rings. The average molecular weight is 295 g/mol. The second kappa shape index (κ2) is 6.01. The monoisotopic (exact) mass is 294 g/mol. The summed E-state index contributed by atoms with van der Waals surface area (Å²) in [5, 5.41) is -0.348. The lowest BCUT2D eigenvalue weighted by molar-refractivity contribution is -0.174. The van der Waals surface area contributed by atoms with Crippen molar-refractivity contribution in [2.24, 2.45) is 0 Å². The highest BCUT2D eigenvalue weighted by atomic mass is 35.5. The molecule has 1 atom stereocenters. The second-order valence-corrected chi connectivity index (χ2v) is 4.92. The lowest BCUT2D eigenvalue weighted by Gasteiger charge is -2.12. The van der Waals surface area contributed by atoms with Gasteiger partial charge in [-0.2, -0.15) is 13.2 Å². The van der Waals surface area contributed by atoms with Crippen LogP contribution in [-0.2, 0) is 11.2 Å². The van der Waals surface area contributed by atoms with E-state index in [2.05, 4.69) is 4.74 Å². The Kier molecular flexibility index (Phi) is 4.58. The number of hydrogen-bond donors (Lipinski definition) is 0. The Labute approximate surface area is 114 Å². The Hall–Kier alpha value is -0.940. The van der Waals surface area contributed by atoms with Crippen molar-refractivity contribution in [3.05, 3.63) is 29.3 Å². The lowest BCUT2D eigenvalue weighted by Crippen LogP contribution is -2.17. The first-order valence-electron chi connectivity index (χ1n) is 6.00. The van der Waals surface area contributed by atoms with Crippen LogP contribution in [0.25, 0.3) is 0 Å². The van der Waals surface area contributed by atoms with E-state index in [1.807, 2.05) is 18.2 Å². The van der Waals surface area contributed by atoms with Crippen LogP contribution in [0, 0.1) is 0 Å². The molecule has 2 rings (SSSR count). The number of hydrogen-bond acceptors (Lipinski definition) is 2. The van der Waals surface area contributed by atoms with Crippen LogP contribution in [0.1, 0.15) is 22.9 Å². The zero-order valence-electron chi connectivity index (χ0n) is 10.2. The molecular weight excluding hydrogens is 281 g/mol. The van der Waals surface area contributed by atoms with Crippen molar-refractivity contribution in [3.63, 3.8) is 0 Å². The Morgan fingerprint density at radius 1 is 1.37 bits per heavy atom. The van der Waals surface area contributed by atoms with Gasteiger partial charge in [0.2, 0.25) is 0 Å². The normalized spacial score (nSPS) is 16.0. The Morgan fingerprint density at radius 3 is 2.89 bits per heavy atom. The minimum atomic E-state index is -4.29. The van der Waals surface area contributed by atoms with E-state index in [-0.39, 0.29) is 12.0 Å². The summed E-state index contributed by atoms with van der Waals surface area (Å²) in [7, 11) is 0. The molecule has 1 heterocycles. The first-order chi connectivity index (χ1) is 8.96. The molecule has 0 amide bonds. The van der Waals surface area contributed by atoms with Gasteiger partial charge in [0.1, 0.15) is 12.4 Å². The number of benzene rings is 1. The average Bonchev–Trinajstić information content (AvgIpc) is 2.80. The first kappa shape index (κ1) is 14.5. The van der Waals surface area contributed by atoms with Gasteiger partial charge in [0, 0.05) is 13.0 Å². The van der Waals surface area contributed by atoms with Crippen molar-refractivity contribution in [1.29, 1.82) is 0 Å². The smallest absolute Gasteiger partial charge is 0.411 e. The summed E-state index contributed by atoms with van der Waals surface area (Å²) < 4.78 is 45.6. The molecule has 19 heavy (non-hydrogen) atoms. The minimum Gasteiger partial charge on any atom is -0.493 e. The van der Waals surface area contributed by atoms with Gasteiger partial charge in [-0.3, -0.25) is 0 Å². The molecule has 2 nitrogen and oxygen atoms in total. The van der Waals surface area contributed by atoms with Crippen LogP contribution in [0.2, 0.25) is 0 Å². The quantitative estimate of drug-likeness (QED) is 0.606. The third kappa shape index (κ3) is 4.28. The molecule has 1 aliphatic heterocycles. The van der Waals surface area contributed by atoms with Crippen molar-refractivity contribution < 1.29 is 22.6 Å². The van der Waals surface area contributed by atoms with Crippen molar-refractivity contribution in [2.45, 2.75) is 24.4 Å². The SMILES string of the molecule is FC(F)(F)COCCC(Cl)c1ccc2c(c1)CCO2. The summed E-state index contributed by atoms with van der Waals surface area (Å²) in [4.78, 5) is 0. The fourth-order valence-corrected chi connectivity index (χ4v) is 2.17. The van der Waals surface area contributed by atoms with Crippen LogP contribution < -0.4 is 4.74 Å². The highest BCUT2D eigenvalue weighted by Crippen LogP contribution is 2.31. The number of ether oxygens (including phenoxy) is 2. The van der Waals surface area contributed by atoms with Crippen LogP contribution in [0.3, 0.4) is 0 Å². The molecular formula is C13H14ClF3O2. The zero-order valence-corrected chi connectivity index (χ0v) is 10.9. The summed E-state index contributed by atoms with van der Waals surface area (Å²) in [6, 6.07) is 5.64. The highest BCUT2D eigenvalue weighted by molar-refractivity contribution is 6.20. The van der Waals surface area contributed by atoms with Crippen molar-refractivity contribution in [2.75, 3.05) is 19.8 Å². The molecule has 1 unspecified atom stereocenters. The number of alkyl halides is 4. The summed E-state index contributed by atoms with van der Waals surface area (Å²) in [5.41, 5.74) is 1.99. The minimum absolute atomic E-state index is 0.0126. The molecule has 106 valence electrons. The van der Waals surface area contributed by atoms with Gasteiger partial charge in [-0.15, -0.1) is 11.6 Å². The first-order valence-corrected chi connectivity index (χ1v) is 6.43. The van der Waals surface area contributed by atoms with E-state index in [0.717, 1.165) is 23.3 Å². The van der Waals surface area contributed by atoms with E-state index >= 15 is 0 Å². The topological polar surface area (TPSA) is 18.5 Å². The summed E-state index contributed by atoms with van der Waals surface area (Å²) in [6.45, 7) is -0.573. The second-order valence-electron chi connectivity index (χ2n) is 4.39. The third-order valence-electron chi connectivity index (χ3n) is 2.86. The molecule has 1 aromatic rings. The fourth-order valence-electron chi connectivity index (χ4n) is 1.94. The molecule has 0 radical (unpaired) electrons. The van der Waals surface area contributed by atoms with Gasteiger partial charge in [0.05, 0.1) is 12.0 Å². The Morgan fingerprint density at radius 2 is 2.16 bits per heavy atom. The van der Waals surface area contributed by atoms with Gasteiger partial charge in [0.15, 0.2) is 0 Å². The maximum absolute atomic E-state index is 11.9. The van der Waals surface area contributed by atoms with E-state index in [1.54, 1.807) is 0 Å². The molecule has 0 spiro atoms. The summed E-state index contributed by atoms with van der Waals surface area (Å²) in [6.07, 6.45) is -3.10. The van der Waals surface area contributed by atoms with Crippen molar-refractivity contribution >= 4 is 11.6 Å². The van der Waals surface area contributed by atoms with Crippen LogP contribution in [-0.4, -0.2) is 26.0 Å². The molecule has 1 aliphatic rings. The zero-order chi connectivity index (χ0) is 13.9. The Bertz CT molecular complexity index is 434. The predicted octanol–water partition coefficient (Wildman–Crippen LogP) is 3.87. The van der Waals surface area contributed by atoms with E-state index in [4.69, 9.17) is 16.3 Å². The van der Waals surface area contributed by atoms with E-state index in [9.17, 15) is 13.2 Å². The van der Waals surface area contributed by atoms with E-state index < -0.39 is 12.8 Å². The number of halogens is 4. The molecule has 6 heteroatoms. The molecule has 1 aromatic carbocycles. The van der Waals surface area contributed by atoms with Gasteiger partial charge < -0.3 is 9.47 Å². The number of rotatable bonds is 5. The molecule has 0 saturated carbocycles. The predicted molar refractivity (Wildman–Crippen MR) is 65.7 cm³/mol. The maximum Gasteiger partial charge on any atom is 0.411 e. The fraction of sp³-hybridized carbons (Fsp3) is 0.538. The number of fused-ring (bicyclic) bond motifs is 1. The van der Waals surface area contributed by atoms with Crippen LogP contribution in [0.5, 0.6) is 5.75 Å². The van der Waals surface area contributed by atoms with Crippen LogP contribution >= 0.6 is 11.6 Å². The Balaban J connectivity index is 1.81. The van der Waals surface area contributed by atoms with Gasteiger partial charge in [-0.1, -0.05) is 12.1 Å². The largest absolute Gasteiger partial charge is 0.493 e. The van der Waals surface area contributed by atoms with Crippen LogP contribution in [0.4, 0.5) is 13.2 Å². The molecule has 0 bridgehead atoms. The summed E-state index contributed by atoms with van der Waals surface area (Å²) in [5.74, 6) is 0.862. The molecule has 0 N–H and O–H groups in total. The van der Waals surface area contributed by atoms with E-state index in [1.165, 1.54) is 0 Å². The third-order valence-corrected chi connectivity index (χ3v) is 3.33. The van der Waals surface area contributed by atoms with Crippen molar-refractivity contribution in [3.8, 4) is 5.75 Å². The van der Waals surface area contributed by atoms with Gasteiger partial charge in [0.25, 0.3) is 0 Å². The van der Waals surface area contributed by atoms with Gasteiger partial charge in [-0.25, -0.2) is 0 Å². The van der Waals surface area contributed by atoms with Gasteiger partial charge in [-0.05, 0) is 23.6 Å². The molecule has 0 saturated heterocycles. The molecule has 0 aliphatic carbocycles. The van der Waals surface area contributed by atoms with E-state index in [0.29, 0.717) is 13.0 Å². The summed E-state index contributed by atoms with van der Waals surface area (Å²) >= 11 is 6.16. The maximum atomic E-state index is 11.9. The highest BCUT2D eigenvalue weighted by Gasteiger charge is 2.27.